The smallest absolute Gasteiger partial charge is 0.444 e. The molecule has 1 fully saturated rings. The summed E-state index contributed by atoms with van der Waals surface area (Å²) >= 11 is 0. The topological polar surface area (TPSA) is 63.7 Å². The van der Waals surface area contributed by atoms with E-state index >= 15 is 0 Å². The number of alkyl halides is 3. The van der Waals surface area contributed by atoms with Crippen molar-refractivity contribution < 1.29 is 31.1 Å². The third-order valence-electron chi connectivity index (χ3n) is 2.56. The lowest BCUT2D eigenvalue weighted by Gasteiger charge is -2.24. The molecule has 0 N–H and O–H groups in total. The standard InChI is InChI=1S/C10H16F3NO4S/c1-9(2,3)18-8(15)14-5-4-7(6-14)19(16,17)10(11,12)13/h7H,4-6H2,1-3H3/t7-/m1/s1. The molecule has 0 aliphatic carbocycles. The Balaban J connectivity index is 2.73. The number of amides is 1. The highest BCUT2D eigenvalue weighted by atomic mass is 32.2. The lowest BCUT2D eigenvalue weighted by atomic mass is 10.2. The number of sulfone groups is 1. The van der Waals surface area contributed by atoms with Gasteiger partial charge in [-0.25, -0.2) is 13.2 Å². The molecule has 0 spiro atoms. The highest BCUT2D eigenvalue weighted by molar-refractivity contribution is 7.92. The lowest BCUT2D eigenvalue weighted by molar-refractivity contribution is -0.0444. The quantitative estimate of drug-likeness (QED) is 0.742. The first kappa shape index (κ1) is 16.1. The molecule has 1 aliphatic rings. The third kappa shape index (κ3) is 3.74. The maximum absolute atomic E-state index is 12.4. The Kier molecular flexibility index (Phi) is 4.09. The fraction of sp³-hybridized carbons (Fsp3) is 0.900. The van der Waals surface area contributed by atoms with Gasteiger partial charge in [0.05, 0.1) is 5.25 Å². The zero-order valence-electron chi connectivity index (χ0n) is 10.8. The van der Waals surface area contributed by atoms with E-state index in [2.05, 4.69) is 0 Å². The molecule has 19 heavy (non-hydrogen) atoms. The van der Waals surface area contributed by atoms with Crippen molar-refractivity contribution in [2.75, 3.05) is 13.1 Å². The van der Waals surface area contributed by atoms with Crippen LogP contribution in [0.15, 0.2) is 0 Å². The van der Waals surface area contributed by atoms with Gasteiger partial charge in [0.25, 0.3) is 9.84 Å². The van der Waals surface area contributed by atoms with Gasteiger partial charge >= 0.3 is 11.6 Å². The number of likely N-dealkylation sites (tertiary alicyclic amines) is 1. The monoisotopic (exact) mass is 303 g/mol. The molecule has 9 heteroatoms. The second-order valence-electron chi connectivity index (χ2n) is 5.33. The van der Waals surface area contributed by atoms with Crippen LogP contribution in [0.4, 0.5) is 18.0 Å². The van der Waals surface area contributed by atoms with Gasteiger partial charge in [0.15, 0.2) is 0 Å². The number of carbonyl (C=O) groups is 1. The van der Waals surface area contributed by atoms with Crippen LogP contribution in [0.1, 0.15) is 27.2 Å². The van der Waals surface area contributed by atoms with Crippen molar-refractivity contribution in [1.29, 1.82) is 0 Å². The minimum atomic E-state index is -5.29. The second-order valence-corrected chi connectivity index (χ2v) is 7.55. The number of hydrogen-bond donors (Lipinski definition) is 0. The zero-order chi connectivity index (χ0) is 15.1. The molecule has 0 aromatic rings. The van der Waals surface area contributed by atoms with E-state index in [-0.39, 0.29) is 13.0 Å². The normalized spacial score (nSPS) is 21.6. The zero-order valence-corrected chi connectivity index (χ0v) is 11.6. The first-order valence-corrected chi connectivity index (χ1v) is 7.17. The van der Waals surface area contributed by atoms with E-state index in [0.717, 1.165) is 4.90 Å². The average molecular weight is 303 g/mol. The van der Waals surface area contributed by atoms with Crippen LogP contribution in [0.25, 0.3) is 0 Å². The van der Waals surface area contributed by atoms with Crippen molar-refractivity contribution in [1.82, 2.24) is 4.90 Å². The van der Waals surface area contributed by atoms with Crippen LogP contribution in [-0.2, 0) is 14.6 Å². The van der Waals surface area contributed by atoms with Crippen molar-refractivity contribution in [3.63, 3.8) is 0 Å². The molecule has 0 saturated carbocycles. The van der Waals surface area contributed by atoms with E-state index in [0.29, 0.717) is 0 Å². The van der Waals surface area contributed by atoms with Crippen molar-refractivity contribution >= 4 is 15.9 Å². The van der Waals surface area contributed by atoms with Crippen LogP contribution in [0, 0.1) is 0 Å². The average Bonchev–Trinajstić information content (AvgIpc) is 2.61. The molecule has 1 atom stereocenters. The van der Waals surface area contributed by atoms with E-state index in [1.54, 1.807) is 20.8 Å². The fourth-order valence-corrected chi connectivity index (χ4v) is 2.83. The summed E-state index contributed by atoms with van der Waals surface area (Å²) in [5.41, 5.74) is -6.07. The summed E-state index contributed by atoms with van der Waals surface area (Å²) in [6, 6.07) is 0. The Morgan fingerprint density at radius 3 is 2.21 bits per heavy atom. The number of ether oxygens (including phenoxy) is 1. The first-order chi connectivity index (χ1) is 8.34. The molecular weight excluding hydrogens is 287 g/mol. The maximum Gasteiger partial charge on any atom is 0.497 e. The molecule has 0 aromatic heterocycles. The van der Waals surface area contributed by atoms with Crippen molar-refractivity contribution in [2.24, 2.45) is 0 Å². The molecular formula is C10H16F3NO4S. The number of carbonyl (C=O) groups excluding carboxylic acids is 1. The van der Waals surface area contributed by atoms with Crippen molar-refractivity contribution in [3.8, 4) is 0 Å². The van der Waals surface area contributed by atoms with Crippen molar-refractivity contribution in [2.45, 2.75) is 43.6 Å². The number of hydrogen-bond acceptors (Lipinski definition) is 4. The van der Waals surface area contributed by atoms with Gasteiger partial charge in [-0.15, -0.1) is 0 Å². The summed E-state index contributed by atoms with van der Waals surface area (Å²) in [6.07, 6.45) is -1.03. The molecule has 0 aromatic carbocycles. The predicted molar refractivity (Wildman–Crippen MR) is 61.2 cm³/mol. The van der Waals surface area contributed by atoms with E-state index in [1.165, 1.54) is 0 Å². The predicted octanol–water partition coefficient (Wildman–Crippen LogP) is 1.93. The fourth-order valence-electron chi connectivity index (χ4n) is 1.66. The highest BCUT2D eigenvalue weighted by Gasteiger charge is 2.52. The third-order valence-corrected chi connectivity index (χ3v) is 4.47. The lowest BCUT2D eigenvalue weighted by Crippen LogP contribution is -2.39. The maximum atomic E-state index is 12.4. The largest absolute Gasteiger partial charge is 0.497 e. The van der Waals surface area contributed by atoms with Gasteiger partial charge in [-0.1, -0.05) is 0 Å². The number of rotatable bonds is 1. The summed E-state index contributed by atoms with van der Waals surface area (Å²) in [5.74, 6) is 0. The molecule has 1 heterocycles. The molecule has 0 radical (unpaired) electrons. The molecule has 1 saturated heterocycles. The Hall–Kier alpha value is -0.990. The number of halogens is 3. The molecule has 0 bridgehead atoms. The van der Waals surface area contributed by atoms with Gasteiger partial charge in [-0.05, 0) is 27.2 Å². The summed E-state index contributed by atoms with van der Waals surface area (Å²) in [6.45, 7) is 4.30. The molecule has 1 rings (SSSR count). The van der Waals surface area contributed by atoms with Gasteiger partial charge in [0.2, 0.25) is 0 Å². The first-order valence-electron chi connectivity index (χ1n) is 5.63. The Morgan fingerprint density at radius 1 is 1.26 bits per heavy atom. The number of nitrogens with zero attached hydrogens (tertiary/aromatic N) is 1. The summed E-state index contributed by atoms with van der Waals surface area (Å²) in [4.78, 5) is 12.6. The van der Waals surface area contributed by atoms with Crippen molar-refractivity contribution in [3.05, 3.63) is 0 Å². The van der Waals surface area contributed by atoms with E-state index in [9.17, 15) is 26.4 Å². The molecule has 0 unspecified atom stereocenters. The molecule has 5 nitrogen and oxygen atoms in total. The summed E-state index contributed by atoms with van der Waals surface area (Å²) in [5, 5.41) is -1.61. The second kappa shape index (κ2) is 4.84. The SMILES string of the molecule is CC(C)(C)OC(=O)N1CC[C@@H](S(=O)(=O)C(F)(F)F)C1. The van der Waals surface area contributed by atoms with Crippen LogP contribution >= 0.6 is 0 Å². The van der Waals surface area contributed by atoms with Crippen LogP contribution in [-0.4, -0.2) is 48.9 Å². The van der Waals surface area contributed by atoms with Gasteiger partial charge in [-0.2, -0.15) is 13.2 Å². The summed E-state index contributed by atoms with van der Waals surface area (Å²) < 4.78 is 64.5. The van der Waals surface area contributed by atoms with Gasteiger partial charge in [-0.3, -0.25) is 0 Å². The minimum Gasteiger partial charge on any atom is -0.444 e. The van der Waals surface area contributed by atoms with Gasteiger partial charge < -0.3 is 9.64 Å². The van der Waals surface area contributed by atoms with Crippen LogP contribution < -0.4 is 0 Å². The van der Waals surface area contributed by atoms with Crippen LogP contribution in [0.5, 0.6) is 0 Å². The van der Waals surface area contributed by atoms with Crippen LogP contribution in [0.2, 0.25) is 0 Å². The molecule has 1 amide bonds. The highest BCUT2D eigenvalue weighted by Crippen LogP contribution is 2.31. The van der Waals surface area contributed by atoms with Gasteiger partial charge in [0, 0.05) is 13.1 Å². The van der Waals surface area contributed by atoms with Crippen LogP contribution in [0.3, 0.4) is 0 Å². The molecule has 1 aliphatic heterocycles. The Bertz CT molecular complexity index is 452. The van der Waals surface area contributed by atoms with E-state index < -0.39 is 38.8 Å². The summed E-state index contributed by atoms with van der Waals surface area (Å²) in [7, 11) is -5.24. The van der Waals surface area contributed by atoms with E-state index in [1.807, 2.05) is 0 Å². The van der Waals surface area contributed by atoms with Gasteiger partial charge in [0.1, 0.15) is 5.60 Å². The Labute approximate surface area is 109 Å². The minimum absolute atomic E-state index is 0.0606. The van der Waals surface area contributed by atoms with E-state index in [4.69, 9.17) is 4.74 Å². The Morgan fingerprint density at radius 2 is 1.79 bits per heavy atom. The molecule has 112 valence electrons.